The summed E-state index contributed by atoms with van der Waals surface area (Å²) in [5.74, 6) is 0. The Labute approximate surface area is 99.5 Å². The summed E-state index contributed by atoms with van der Waals surface area (Å²) in [6.45, 7) is 2.30. The minimum atomic E-state index is -0.0783. The maximum atomic E-state index is 11.9. The van der Waals surface area contributed by atoms with Crippen molar-refractivity contribution in [3.05, 3.63) is 40.8 Å². The van der Waals surface area contributed by atoms with Gasteiger partial charge in [0.15, 0.2) is 0 Å². The van der Waals surface area contributed by atoms with Crippen LogP contribution in [0.4, 0.5) is 0 Å². The van der Waals surface area contributed by atoms with Crippen LogP contribution < -0.4 is 11.3 Å². The molecule has 0 aliphatic carbocycles. The highest BCUT2D eigenvalue weighted by Crippen LogP contribution is 2.06. The third-order valence-electron chi connectivity index (χ3n) is 2.22. The van der Waals surface area contributed by atoms with Crippen LogP contribution in [-0.2, 0) is 6.54 Å². The zero-order valence-electron chi connectivity index (χ0n) is 8.96. The average molecular weight is 240 g/mol. The third-order valence-corrected chi connectivity index (χ3v) is 2.22. The molecular weight excluding hydrogens is 226 g/mol. The summed E-state index contributed by atoms with van der Waals surface area (Å²) in [4.78, 5) is 11.9. The predicted molar refractivity (Wildman–Crippen MR) is 66.9 cm³/mol. The molecular formula is C11H14ClN3O. The van der Waals surface area contributed by atoms with Crippen LogP contribution in [0.1, 0.15) is 6.92 Å². The second-order valence-electron chi connectivity index (χ2n) is 3.70. The van der Waals surface area contributed by atoms with Gasteiger partial charge >= 0.3 is 0 Å². The zero-order valence-corrected chi connectivity index (χ0v) is 9.78. The number of fused-ring (bicyclic) bond motifs is 1. The van der Waals surface area contributed by atoms with Crippen molar-refractivity contribution in [3.63, 3.8) is 0 Å². The maximum Gasteiger partial charge on any atom is 0.274 e. The normalized spacial score (nSPS) is 12.1. The summed E-state index contributed by atoms with van der Waals surface area (Å²) < 4.78 is 1.41. The number of aromatic nitrogens is 2. The van der Waals surface area contributed by atoms with Gasteiger partial charge < -0.3 is 5.73 Å². The van der Waals surface area contributed by atoms with E-state index in [4.69, 9.17) is 5.73 Å². The summed E-state index contributed by atoms with van der Waals surface area (Å²) in [6.07, 6.45) is 1.69. The molecule has 5 heteroatoms. The first kappa shape index (κ1) is 12.7. The van der Waals surface area contributed by atoms with E-state index in [2.05, 4.69) is 5.10 Å². The Morgan fingerprint density at radius 2 is 2.12 bits per heavy atom. The molecule has 2 N–H and O–H groups in total. The fourth-order valence-electron chi connectivity index (χ4n) is 1.53. The first-order valence-electron chi connectivity index (χ1n) is 4.89. The van der Waals surface area contributed by atoms with E-state index in [1.807, 2.05) is 25.1 Å². The highest BCUT2D eigenvalue weighted by Gasteiger charge is 2.04. The number of nitrogens with zero attached hydrogens (tertiary/aromatic N) is 2. The van der Waals surface area contributed by atoms with Crippen LogP contribution >= 0.6 is 12.4 Å². The largest absolute Gasteiger partial charge is 0.326 e. The van der Waals surface area contributed by atoms with Crippen LogP contribution in [-0.4, -0.2) is 15.8 Å². The van der Waals surface area contributed by atoms with E-state index in [9.17, 15) is 4.79 Å². The van der Waals surface area contributed by atoms with Gasteiger partial charge in [0, 0.05) is 11.4 Å². The van der Waals surface area contributed by atoms with Gasteiger partial charge in [-0.1, -0.05) is 18.2 Å². The van der Waals surface area contributed by atoms with Gasteiger partial charge in [-0.2, -0.15) is 5.10 Å². The van der Waals surface area contributed by atoms with E-state index in [1.54, 1.807) is 12.3 Å². The highest BCUT2D eigenvalue weighted by atomic mass is 35.5. The number of halogens is 1. The number of nitrogens with two attached hydrogens (primary N) is 1. The van der Waals surface area contributed by atoms with Gasteiger partial charge in [0.1, 0.15) is 0 Å². The van der Waals surface area contributed by atoms with Gasteiger partial charge in [0.05, 0.1) is 18.1 Å². The lowest BCUT2D eigenvalue weighted by molar-refractivity contribution is 0.518. The van der Waals surface area contributed by atoms with Crippen molar-refractivity contribution >= 4 is 23.2 Å². The number of hydrogen-bond acceptors (Lipinski definition) is 3. The lowest BCUT2D eigenvalue weighted by Gasteiger charge is -2.07. The van der Waals surface area contributed by atoms with Crippen LogP contribution in [0.2, 0.25) is 0 Å². The van der Waals surface area contributed by atoms with E-state index < -0.39 is 0 Å². The van der Waals surface area contributed by atoms with Crippen molar-refractivity contribution in [1.82, 2.24) is 9.78 Å². The Morgan fingerprint density at radius 3 is 2.81 bits per heavy atom. The Kier molecular flexibility index (Phi) is 4.04. The first-order chi connectivity index (χ1) is 7.18. The molecule has 0 aliphatic heterocycles. The molecule has 1 atom stereocenters. The SMILES string of the molecule is CC(N)Cn1ncc2ccccc2c1=O.Cl. The minimum absolute atomic E-state index is 0. The lowest BCUT2D eigenvalue weighted by atomic mass is 10.2. The first-order valence-corrected chi connectivity index (χ1v) is 4.89. The Bertz CT molecular complexity index is 536. The molecule has 0 spiro atoms. The summed E-state index contributed by atoms with van der Waals surface area (Å²) in [6, 6.07) is 7.34. The summed E-state index contributed by atoms with van der Waals surface area (Å²) in [7, 11) is 0. The average Bonchev–Trinajstić information content (AvgIpc) is 2.22. The van der Waals surface area contributed by atoms with Gasteiger partial charge in [-0.05, 0) is 13.0 Å². The third kappa shape index (κ3) is 2.40. The summed E-state index contributed by atoms with van der Waals surface area (Å²) >= 11 is 0. The van der Waals surface area contributed by atoms with Crippen molar-refractivity contribution in [2.75, 3.05) is 0 Å². The molecule has 0 amide bonds. The van der Waals surface area contributed by atoms with E-state index in [1.165, 1.54) is 4.68 Å². The van der Waals surface area contributed by atoms with Crippen molar-refractivity contribution in [2.24, 2.45) is 5.73 Å². The van der Waals surface area contributed by atoms with Crippen LogP contribution in [0.3, 0.4) is 0 Å². The summed E-state index contributed by atoms with van der Waals surface area (Å²) in [5, 5.41) is 5.62. The fourth-order valence-corrected chi connectivity index (χ4v) is 1.53. The second kappa shape index (κ2) is 5.09. The second-order valence-corrected chi connectivity index (χ2v) is 3.70. The fraction of sp³-hybridized carbons (Fsp3) is 0.273. The van der Waals surface area contributed by atoms with Crippen molar-refractivity contribution in [1.29, 1.82) is 0 Å². The van der Waals surface area contributed by atoms with Crippen molar-refractivity contribution in [3.8, 4) is 0 Å². The molecule has 1 heterocycles. The molecule has 0 fully saturated rings. The molecule has 86 valence electrons. The highest BCUT2D eigenvalue weighted by molar-refractivity contribution is 5.85. The minimum Gasteiger partial charge on any atom is -0.326 e. The van der Waals surface area contributed by atoms with E-state index in [-0.39, 0.29) is 24.0 Å². The molecule has 1 unspecified atom stereocenters. The van der Waals surface area contributed by atoms with Crippen LogP contribution in [0.15, 0.2) is 35.3 Å². The molecule has 1 aromatic carbocycles. The van der Waals surface area contributed by atoms with Gasteiger partial charge in [-0.25, -0.2) is 4.68 Å². The molecule has 16 heavy (non-hydrogen) atoms. The monoisotopic (exact) mass is 239 g/mol. The molecule has 0 saturated heterocycles. The number of rotatable bonds is 2. The molecule has 2 aromatic rings. The lowest BCUT2D eigenvalue weighted by Crippen LogP contribution is -2.31. The molecule has 0 saturated carbocycles. The van der Waals surface area contributed by atoms with Crippen LogP contribution in [0, 0.1) is 0 Å². The van der Waals surface area contributed by atoms with Crippen molar-refractivity contribution < 1.29 is 0 Å². The molecule has 4 nitrogen and oxygen atoms in total. The number of hydrogen-bond donors (Lipinski definition) is 1. The molecule has 0 aliphatic rings. The van der Waals surface area contributed by atoms with E-state index in [0.717, 1.165) is 5.39 Å². The quantitative estimate of drug-likeness (QED) is 0.856. The zero-order chi connectivity index (χ0) is 10.8. The Hall–Kier alpha value is -1.39. The molecule has 0 bridgehead atoms. The van der Waals surface area contributed by atoms with Gasteiger partial charge in [0.25, 0.3) is 5.56 Å². The maximum absolute atomic E-state index is 11.9. The number of benzene rings is 1. The van der Waals surface area contributed by atoms with Crippen molar-refractivity contribution in [2.45, 2.75) is 19.5 Å². The molecule has 2 rings (SSSR count). The van der Waals surface area contributed by atoms with Crippen LogP contribution in [0.25, 0.3) is 10.8 Å². The predicted octanol–water partition coefficient (Wildman–Crippen LogP) is 1.17. The summed E-state index contributed by atoms with van der Waals surface area (Å²) in [5.41, 5.74) is 5.56. The van der Waals surface area contributed by atoms with Crippen LogP contribution in [0.5, 0.6) is 0 Å². The molecule has 0 radical (unpaired) electrons. The standard InChI is InChI=1S/C11H13N3O.ClH/c1-8(12)7-14-11(15)10-5-3-2-4-9(10)6-13-14;/h2-6,8H,7,12H2,1H3;1H. The topological polar surface area (TPSA) is 60.9 Å². The van der Waals surface area contributed by atoms with Gasteiger partial charge in [-0.15, -0.1) is 12.4 Å². The van der Waals surface area contributed by atoms with Gasteiger partial charge in [-0.3, -0.25) is 4.79 Å². The molecule has 1 aromatic heterocycles. The Balaban J connectivity index is 0.00000128. The van der Waals surface area contributed by atoms with Gasteiger partial charge in [0.2, 0.25) is 0 Å². The van der Waals surface area contributed by atoms with E-state index >= 15 is 0 Å². The van der Waals surface area contributed by atoms with E-state index in [0.29, 0.717) is 11.9 Å². The smallest absolute Gasteiger partial charge is 0.274 e. The Morgan fingerprint density at radius 1 is 1.44 bits per heavy atom.